The summed E-state index contributed by atoms with van der Waals surface area (Å²) >= 11 is 12.0. The lowest BCUT2D eigenvalue weighted by Gasteiger charge is -1.82. The average Bonchev–Trinajstić information content (AvgIpc) is 2.58. The van der Waals surface area contributed by atoms with Crippen LogP contribution in [0.2, 0.25) is 4.34 Å². The van der Waals surface area contributed by atoms with Crippen molar-refractivity contribution in [2.45, 2.75) is 0 Å². The van der Waals surface area contributed by atoms with Crippen molar-refractivity contribution in [3.63, 3.8) is 0 Å². The molecule has 0 spiro atoms. The minimum absolute atomic E-state index is 0.774. The van der Waals surface area contributed by atoms with Gasteiger partial charge in [-0.25, -0.2) is 0 Å². The van der Waals surface area contributed by atoms with Crippen molar-refractivity contribution < 1.29 is 0 Å². The van der Waals surface area contributed by atoms with Gasteiger partial charge in [-0.1, -0.05) is 22.9 Å². The van der Waals surface area contributed by atoms with Gasteiger partial charge in [0.15, 0.2) is 8.92 Å². The standard InChI is InChI=1S/C6H2BrClN2S2/c7-6-10-9-5(12-6)3-1-2-4(8)11-3/h1-2H. The maximum atomic E-state index is 5.78. The number of halogens is 2. The molecule has 62 valence electrons. The summed E-state index contributed by atoms with van der Waals surface area (Å²) in [6, 6.07) is 3.80. The van der Waals surface area contributed by atoms with Gasteiger partial charge in [0.25, 0.3) is 0 Å². The van der Waals surface area contributed by atoms with Gasteiger partial charge in [-0.05, 0) is 28.1 Å². The Balaban J connectivity index is 2.43. The quantitative estimate of drug-likeness (QED) is 0.797. The smallest absolute Gasteiger partial charge is 0.136 e. The molecular weight excluding hydrogens is 280 g/mol. The molecule has 0 aliphatic heterocycles. The summed E-state index contributed by atoms with van der Waals surface area (Å²) in [6.07, 6.45) is 0. The van der Waals surface area contributed by atoms with Gasteiger partial charge >= 0.3 is 0 Å². The Morgan fingerprint density at radius 1 is 1.25 bits per heavy atom. The van der Waals surface area contributed by atoms with E-state index in [4.69, 9.17) is 11.6 Å². The summed E-state index contributed by atoms with van der Waals surface area (Å²) in [5.41, 5.74) is 0. The molecule has 0 aliphatic rings. The van der Waals surface area contributed by atoms with Gasteiger partial charge in [-0.15, -0.1) is 21.5 Å². The Labute approximate surface area is 90.3 Å². The highest BCUT2D eigenvalue weighted by atomic mass is 79.9. The number of thiophene rings is 1. The molecule has 6 heteroatoms. The lowest BCUT2D eigenvalue weighted by Crippen LogP contribution is -1.68. The molecule has 2 aromatic heterocycles. The summed E-state index contributed by atoms with van der Waals surface area (Å²) in [5.74, 6) is 0. The van der Waals surface area contributed by atoms with Crippen LogP contribution in [0.3, 0.4) is 0 Å². The van der Waals surface area contributed by atoms with Crippen LogP contribution in [0.25, 0.3) is 9.88 Å². The second-order valence-electron chi connectivity index (χ2n) is 1.96. The van der Waals surface area contributed by atoms with Crippen LogP contribution in [0.1, 0.15) is 0 Å². The van der Waals surface area contributed by atoms with Crippen LogP contribution in [0.4, 0.5) is 0 Å². The van der Waals surface area contributed by atoms with E-state index >= 15 is 0 Å². The molecule has 0 saturated heterocycles. The molecule has 2 nitrogen and oxygen atoms in total. The first kappa shape index (κ1) is 8.62. The fraction of sp³-hybridized carbons (Fsp3) is 0. The largest absolute Gasteiger partial charge is 0.183 e. The van der Waals surface area contributed by atoms with Crippen LogP contribution >= 0.6 is 50.2 Å². The second-order valence-corrected chi connectivity index (χ2v) is 5.93. The molecule has 0 N–H and O–H groups in total. The monoisotopic (exact) mass is 280 g/mol. The first-order chi connectivity index (χ1) is 5.75. The predicted octanol–water partition coefficient (Wildman–Crippen LogP) is 3.68. The SMILES string of the molecule is Clc1ccc(-c2nnc(Br)s2)s1. The Hall–Kier alpha value is 0.0300. The molecule has 0 radical (unpaired) electrons. The molecule has 2 heterocycles. The third-order valence-corrected chi connectivity index (χ3v) is 3.94. The minimum Gasteiger partial charge on any atom is -0.136 e. The molecule has 2 aromatic rings. The maximum Gasteiger partial charge on any atom is 0.183 e. The summed E-state index contributed by atoms with van der Waals surface area (Å²) in [7, 11) is 0. The number of hydrogen-bond acceptors (Lipinski definition) is 4. The van der Waals surface area contributed by atoms with Crippen LogP contribution < -0.4 is 0 Å². The van der Waals surface area contributed by atoms with E-state index < -0.39 is 0 Å². The zero-order valence-corrected chi connectivity index (χ0v) is 9.60. The molecule has 0 fully saturated rings. The molecule has 0 aromatic carbocycles. The van der Waals surface area contributed by atoms with E-state index in [9.17, 15) is 0 Å². The highest BCUT2D eigenvalue weighted by Crippen LogP contribution is 2.33. The van der Waals surface area contributed by atoms with E-state index in [0.717, 1.165) is 18.1 Å². The van der Waals surface area contributed by atoms with Gasteiger partial charge in [0.2, 0.25) is 0 Å². The summed E-state index contributed by atoms with van der Waals surface area (Å²) in [4.78, 5) is 1.06. The number of rotatable bonds is 1. The highest BCUT2D eigenvalue weighted by molar-refractivity contribution is 9.11. The zero-order valence-electron chi connectivity index (χ0n) is 5.62. The summed E-state index contributed by atoms with van der Waals surface area (Å²) < 4.78 is 1.57. The summed E-state index contributed by atoms with van der Waals surface area (Å²) in [5, 5.41) is 8.73. The van der Waals surface area contributed by atoms with Gasteiger partial charge in [-0.2, -0.15) is 0 Å². The minimum atomic E-state index is 0.774. The predicted molar refractivity (Wildman–Crippen MR) is 55.9 cm³/mol. The average molecular weight is 282 g/mol. The van der Waals surface area contributed by atoms with Gasteiger partial charge in [-0.3, -0.25) is 0 Å². The van der Waals surface area contributed by atoms with E-state index in [0.29, 0.717) is 0 Å². The molecule has 0 bridgehead atoms. The maximum absolute atomic E-state index is 5.78. The van der Waals surface area contributed by atoms with Gasteiger partial charge in [0, 0.05) is 0 Å². The van der Waals surface area contributed by atoms with Crippen molar-refractivity contribution in [3.8, 4) is 9.88 Å². The first-order valence-corrected chi connectivity index (χ1v) is 5.81. The Morgan fingerprint density at radius 3 is 2.58 bits per heavy atom. The molecular formula is C6H2BrClN2S2. The van der Waals surface area contributed by atoms with E-state index in [-0.39, 0.29) is 0 Å². The lowest BCUT2D eigenvalue weighted by atomic mass is 10.5. The van der Waals surface area contributed by atoms with Gasteiger partial charge < -0.3 is 0 Å². The Morgan fingerprint density at radius 2 is 2.08 bits per heavy atom. The number of nitrogens with zero attached hydrogens (tertiary/aromatic N) is 2. The van der Waals surface area contributed by atoms with Crippen LogP contribution in [0.15, 0.2) is 16.0 Å². The van der Waals surface area contributed by atoms with Crippen LogP contribution in [-0.2, 0) is 0 Å². The zero-order chi connectivity index (χ0) is 8.55. The molecule has 0 unspecified atom stereocenters. The molecule has 12 heavy (non-hydrogen) atoms. The Bertz CT molecular complexity index is 359. The van der Waals surface area contributed by atoms with E-state index in [1.54, 1.807) is 0 Å². The lowest BCUT2D eigenvalue weighted by molar-refractivity contribution is 1.08. The number of aromatic nitrogens is 2. The van der Waals surface area contributed by atoms with E-state index in [1.807, 2.05) is 12.1 Å². The highest BCUT2D eigenvalue weighted by Gasteiger charge is 2.06. The molecule has 0 aliphatic carbocycles. The van der Waals surface area contributed by atoms with Gasteiger partial charge in [0.1, 0.15) is 0 Å². The van der Waals surface area contributed by atoms with Crippen molar-refractivity contribution in [2.24, 2.45) is 0 Å². The normalized spacial score (nSPS) is 10.5. The Kier molecular flexibility index (Phi) is 2.45. The van der Waals surface area contributed by atoms with E-state index in [2.05, 4.69) is 26.1 Å². The van der Waals surface area contributed by atoms with Crippen molar-refractivity contribution in [1.82, 2.24) is 10.2 Å². The topological polar surface area (TPSA) is 25.8 Å². The molecule has 0 saturated carbocycles. The molecule has 0 atom stereocenters. The fourth-order valence-corrected chi connectivity index (χ4v) is 2.94. The van der Waals surface area contributed by atoms with Crippen molar-refractivity contribution in [1.29, 1.82) is 0 Å². The molecule has 2 rings (SSSR count). The second kappa shape index (κ2) is 3.41. The third kappa shape index (κ3) is 1.69. The number of hydrogen-bond donors (Lipinski definition) is 0. The van der Waals surface area contributed by atoms with Crippen molar-refractivity contribution in [3.05, 3.63) is 20.4 Å². The first-order valence-electron chi connectivity index (χ1n) is 3.00. The van der Waals surface area contributed by atoms with Crippen LogP contribution in [0.5, 0.6) is 0 Å². The van der Waals surface area contributed by atoms with Crippen LogP contribution in [-0.4, -0.2) is 10.2 Å². The third-order valence-electron chi connectivity index (χ3n) is 1.18. The van der Waals surface area contributed by atoms with Crippen molar-refractivity contribution >= 4 is 50.2 Å². The van der Waals surface area contributed by atoms with Gasteiger partial charge in [0.05, 0.1) is 9.21 Å². The molecule has 0 amide bonds. The summed E-state index contributed by atoms with van der Waals surface area (Å²) in [6.45, 7) is 0. The fourth-order valence-electron chi connectivity index (χ4n) is 0.734. The van der Waals surface area contributed by atoms with Crippen molar-refractivity contribution in [2.75, 3.05) is 0 Å². The van der Waals surface area contributed by atoms with Crippen LogP contribution in [0, 0.1) is 0 Å². The van der Waals surface area contributed by atoms with E-state index in [1.165, 1.54) is 22.7 Å².